The summed E-state index contributed by atoms with van der Waals surface area (Å²) in [5.74, 6) is -1.47. The number of hydrogen-bond acceptors (Lipinski definition) is 8. The molecule has 1 aliphatic carbocycles. The molecular weight excluding hydrogens is 430 g/mol. The zero-order valence-corrected chi connectivity index (χ0v) is 19.3. The van der Waals surface area contributed by atoms with E-state index in [9.17, 15) is 19.2 Å². The van der Waals surface area contributed by atoms with Crippen LogP contribution in [0, 0.1) is 0 Å². The highest BCUT2D eigenvalue weighted by Gasteiger charge is 2.19. The van der Waals surface area contributed by atoms with E-state index in [-0.39, 0.29) is 30.2 Å². The van der Waals surface area contributed by atoms with Crippen molar-refractivity contribution in [1.82, 2.24) is 0 Å². The van der Waals surface area contributed by atoms with Gasteiger partial charge in [-0.15, -0.1) is 0 Å². The van der Waals surface area contributed by atoms with E-state index in [1.165, 1.54) is 20.8 Å². The van der Waals surface area contributed by atoms with Crippen molar-refractivity contribution in [2.45, 2.75) is 78.8 Å². The Balaban J connectivity index is 0. The lowest BCUT2D eigenvalue weighted by Crippen LogP contribution is -2.23. The average Bonchev–Trinajstić information content (AvgIpc) is 2.72. The fourth-order valence-electron chi connectivity index (χ4n) is 3.35. The normalized spacial score (nSPS) is 16.5. The van der Waals surface area contributed by atoms with Crippen molar-refractivity contribution in [2.75, 3.05) is 5.32 Å². The lowest BCUT2D eigenvalue weighted by Gasteiger charge is -2.20. The Kier molecular flexibility index (Phi) is 10.4. The molecule has 0 saturated heterocycles. The Morgan fingerprint density at radius 2 is 1.45 bits per heavy atom. The molecule has 0 heterocycles. The summed E-state index contributed by atoms with van der Waals surface area (Å²) >= 11 is 0. The Labute approximate surface area is 197 Å². The first kappa shape index (κ1) is 25.9. The van der Waals surface area contributed by atoms with E-state index in [1.54, 1.807) is 12.1 Å². The second-order valence-electron chi connectivity index (χ2n) is 7.76. The first-order chi connectivity index (χ1) is 15.7. The number of amides is 1. The monoisotopic (exact) mass is 467 g/mol. The highest BCUT2D eigenvalue weighted by atomic mass is 16.6. The van der Waals surface area contributed by atoms with E-state index >= 15 is 0 Å². The third-order valence-electron chi connectivity index (χ3n) is 4.86. The largest absolute Gasteiger partial charge is 0.461 e. The van der Waals surface area contributed by atoms with Crippen molar-refractivity contribution in [2.24, 2.45) is 0 Å². The van der Waals surface area contributed by atoms with Gasteiger partial charge in [-0.1, -0.05) is 12.5 Å². The molecule has 0 aromatic heterocycles. The lowest BCUT2D eigenvalue weighted by atomic mass is 10.0. The average molecular weight is 468 g/mol. The van der Waals surface area contributed by atoms with Gasteiger partial charge in [-0.05, 0) is 49.5 Å². The molecule has 2 rings (SSSR count). The van der Waals surface area contributed by atoms with Gasteiger partial charge in [0.05, 0.1) is 5.69 Å². The number of carbonyl (C=O) groups is 4. The minimum atomic E-state index is -0.675. The minimum absolute atomic E-state index is 0. The number of rotatable bonds is 8. The third-order valence-corrected chi connectivity index (χ3v) is 4.86. The van der Waals surface area contributed by atoms with Gasteiger partial charge < -0.3 is 18.9 Å². The molecule has 9 nitrogen and oxygen atoms in total. The zero-order valence-electron chi connectivity index (χ0n) is 19.3. The Hall–Kier alpha value is -3.36. The number of allylic oxidation sites excluding steroid dienone is 1. The molecule has 1 atom stereocenters. The van der Waals surface area contributed by atoms with Crippen LogP contribution in [0.2, 0.25) is 0 Å². The maximum Gasteiger partial charge on any atom is 0.412 e. The predicted octanol–water partition coefficient (Wildman–Crippen LogP) is 5.05. The summed E-state index contributed by atoms with van der Waals surface area (Å²) in [4.78, 5) is 46.7. The van der Waals surface area contributed by atoms with Crippen LogP contribution < -0.4 is 5.32 Å². The van der Waals surface area contributed by atoms with Gasteiger partial charge in [0.15, 0.2) is 0 Å². The summed E-state index contributed by atoms with van der Waals surface area (Å²) in [6, 6.07) is 3.29. The van der Waals surface area contributed by atoms with Crippen molar-refractivity contribution in [3.05, 3.63) is 41.0 Å². The van der Waals surface area contributed by atoms with Crippen LogP contribution >= 0.6 is 0 Å². The highest BCUT2D eigenvalue weighted by Crippen LogP contribution is 2.27. The van der Waals surface area contributed by atoms with Gasteiger partial charge >= 0.3 is 24.0 Å². The summed E-state index contributed by atoms with van der Waals surface area (Å²) < 4.78 is 20.9. The second-order valence-corrected chi connectivity index (χ2v) is 7.76. The molecule has 0 radical (unpaired) electrons. The summed E-state index contributed by atoms with van der Waals surface area (Å²) in [5, 5.41) is 2.72. The Morgan fingerprint density at radius 3 is 2.03 bits per heavy atom. The molecule has 0 saturated carbocycles. The van der Waals surface area contributed by atoms with Gasteiger partial charge in [-0.3, -0.25) is 19.7 Å². The SMILES string of the molecule is CC(=O)OCc1cc(COC(C)=O)c(NC(=O)OC2/C=C/CCCCC2)c(COC(C)=O)c1.[HH].[HH].[HH]. The van der Waals surface area contributed by atoms with Crippen molar-refractivity contribution in [3.8, 4) is 0 Å². The summed E-state index contributed by atoms with van der Waals surface area (Å²) in [5.41, 5.74) is 1.78. The van der Waals surface area contributed by atoms with Gasteiger partial charge in [0.1, 0.15) is 25.9 Å². The second kappa shape index (κ2) is 13.2. The van der Waals surface area contributed by atoms with E-state index in [0.717, 1.165) is 32.1 Å². The molecule has 1 aromatic rings. The van der Waals surface area contributed by atoms with E-state index in [4.69, 9.17) is 18.9 Å². The molecule has 33 heavy (non-hydrogen) atoms. The Bertz CT molecular complexity index is 868. The molecular formula is C24H37NO8. The van der Waals surface area contributed by atoms with Crippen molar-refractivity contribution >= 4 is 29.7 Å². The maximum absolute atomic E-state index is 12.7. The molecule has 0 aliphatic heterocycles. The fourth-order valence-corrected chi connectivity index (χ4v) is 3.35. The lowest BCUT2D eigenvalue weighted by molar-refractivity contribution is -0.142. The van der Waals surface area contributed by atoms with Gasteiger partial charge in [0.25, 0.3) is 0 Å². The molecule has 0 spiro atoms. The molecule has 1 aromatic carbocycles. The number of ether oxygens (including phenoxy) is 4. The number of esters is 3. The third kappa shape index (κ3) is 9.76. The van der Waals surface area contributed by atoms with Crippen molar-refractivity contribution in [1.29, 1.82) is 0 Å². The van der Waals surface area contributed by atoms with Crippen LogP contribution in [-0.4, -0.2) is 30.1 Å². The van der Waals surface area contributed by atoms with Crippen molar-refractivity contribution < 1.29 is 42.4 Å². The van der Waals surface area contributed by atoms with Gasteiger partial charge in [0, 0.05) is 36.2 Å². The summed E-state index contributed by atoms with van der Waals surface area (Å²) in [6.07, 6.45) is 7.72. The minimum Gasteiger partial charge on any atom is -0.461 e. The quantitative estimate of drug-likeness (QED) is 0.321. The van der Waals surface area contributed by atoms with Gasteiger partial charge in [-0.2, -0.15) is 0 Å². The van der Waals surface area contributed by atoms with Crippen LogP contribution in [0.5, 0.6) is 0 Å². The van der Waals surface area contributed by atoms with Gasteiger partial charge in [-0.25, -0.2) is 4.79 Å². The number of carbonyl (C=O) groups excluding carboxylic acids is 4. The van der Waals surface area contributed by atoms with Crippen LogP contribution in [-0.2, 0) is 53.2 Å². The summed E-state index contributed by atoms with van der Waals surface area (Å²) in [7, 11) is 0. The molecule has 1 aliphatic rings. The summed E-state index contributed by atoms with van der Waals surface area (Å²) in [6.45, 7) is 3.50. The highest BCUT2D eigenvalue weighted by molar-refractivity contribution is 5.87. The number of hydrogen-bond donors (Lipinski definition) is 1. The number of anilines is 1. The topological polar surface area (TPSA) is 117 Å². The molecule has 0 bridgehead atoms. The molecule has 186 valence electrons. The van der Waals surface area contributed by atoms with E-state index in [0.29, 0.717) is 22.4 Å². The van der Waals surface area contributed by atoms with Crippen LogP contribution in [0.4, 0.5) is 10.5 Å². The molecule has 9 heteroatoms. The smallest absolute Gasteiger partial charge is 0.412 e. The van der Waals surface area contributed by atoms with Crippen molar-refractivity contribution in [3.63, 3.8) is 0 Å². The standard InChI is InChI=1S/C24H31NO8.3H2/c1-16(26)30-13-19-11-20(14-31-17(2)27)23(21(12-19)15-32-18(3)28)25-24(29)33-22-9-7-5-4-6-8-10-22;;;/h7,9,11-12,22H,4-6,8,10,13-15H2,1-3H3,(H,25,29);3*1H/b9-7+;;;. The molecule has 1 N–H and O–H groups in total. The van der Waals surface area contributed by atoms with Crippen LogP contribution in [0.1, 0.15) is 73.8 Å². The molecule has 1 amide bonds. The maximum atomic E-state index is 12.7. The van der Waals surface area contributed by atoms with Crippen LogP contribution in [0.15, 0.2) is 24.3 Å². The van der Waals surface area contributed by atoms with E-state index in [1.807, 2.05) is 12.2 Å². The molecule has 1 unspecified atom stereocenters. The predicted molar refractivity (Wildman–Crippen MR) is 125 cm³/mol. The first-order valence-electron chi connectivity index (χ1n) is 10.9. The van der Waals surface area contributed by atoms with Gasteiger partial charge in [0.2, 0.25) is 0 Å². The van der Waals surface area contributed by atoms with E-state index < -0.39 is 24.0 Å². The Morgan fingerprint density at radius 1 is 0.879 bits per heavy atom. The molecule has 0 fully saturated rings. The first-order valence-corrected chi connectivity index (χ1v) is 10.9. The van der Waals surface area contributed by atoms with Crippen LogP contribution in [0.3, 0.4) is 0 Å². The number of benzene rings is 1. The number of nitrogens with one attached hydrogen (secondary N) is 1. The van der Waals surface area contributed by atoms with E-state index in [2.05, 4.69) is 5.32 Å². The fraction of sp³-hybridized carbons (Fsp3) is 0.500. The van der Waals surface area contributed by atoms with Crippen LogP contribution in [0.25, 0.3) is 0 Å². The zero-order chi connectivity index (χ0) is 24.2.